The van der Waals surface area contributed by atoms with Gasteiger partial charge in [-0.3, -0.25) is 9.69 Å². The molecule has 2 aliphatic rings. The average molecular weight is 320 g/mol. The second kappa shape index (κ2) is 7.01. The average Bonchev–Trinajstić information content (AvgIpc) is 2.85. The van der Waals surface area contributed by atoms with Crippen LogP contribution in [0.5, 0.6) is 0 Å². The first kappa shape index (κ1) is 16.5. The van der Waals surface area contributed by atoms with E-state index in [1.165, 1.54) is 0 Å². The van der Waals surface area contributed by atoms with Crippen LogP contribution >= 0.6 is 0 Å². The second-order valence-corrected chi connectivity index (χ2v) is 6.97. The predicted molar refractivity (Wildman–Crippen MR) is 87.8 cm³/mol. The molecule has 2 fully saturated rings. The smallest absolute Gasteiger partial charge is 0.225 e. The van der Waals surface area contributed by atoms with Gasteiger partial charge in [-0.25, -0.2) is 4.98 Å². The minimum Gasteiger partial charge on any atom is -0.444 e. The van der Waals surface area contributed by atoms with Crippen LogP contribution in [0.3, 0.4) is 0 Å². The first-order chi connectivity index (χ1) is 11.0. The number of carbonyl (C=O) groups excluding carboxylic acids is 1. The van der Waals surface area contributed by atoms with E-state index in [9.17, 15) is 4.79 Å². The van der Waals surface area contributed by atoms with Crippen LogP contribution in [0.4, 0.5) is 0 Å². The normalized spacial score (nSPS) is 26.5. The van der Waals surface area contributed by atoms with E-state index in [2.05, 4.69) is 9.88 Å². The molecule has 128 valence electrons. The highest BCUT2D eigenvalue weighted by atomic mass is 16.4. The second-order valence-electron chi connectivity index (χ2n) is 6.97. The number of hydrogen-bond donors (Lipinski definition) is 1. The molecule has 0 radical (unpaired) electrons. The lowest BCUT2D eigenvalue weighted by atomic mass is 9.85. The summed E-state index contributed by atoms with van der Waals surface area (Å²) in [5, 5.41) is 0. The molecule has 1 aromatic heterocycles. The number of oxazole rings is 1. The fourth-order valence-corrected chi connectivity index (χ4v) is 3.63. The Kier molecular flexibility index (Phi) is 5.02. The van der Waals surface area contributed by atoms with Crippen molar-refractivity contribution in [2.75, 3.05) is 26.2 Å². The highest BCUT2D eigenvalue weighted by Crippen LogP contribution is 2.25. The molecular weight excluding hydrogens is 292 g/mol. The minimum absolute atomic E-state index is 0.141. The van der Waals surface area contributed by atoms with E-state index in [4.69, 9.17) is 10.2 Å². The highest BCUT2D eigenvalue weighted by molar-refractivity contribution is 5.79. The Bertz CT molecular complexity index is 529. The molecule has 3 rings (SSSR count). The van der Waals surface area contributed by atoms with Crippen molar-refractivity contribution in [3.05, 3.63) is 17.3 Å². The Morgan fingerprint density at radius 2 is 2.00 bits per heavy atom. The molecule has 0 aromatic carbocycles. The summed E-state index contributed by atoms with van der Waals surface area (Å²) in [4.78, 5) is 21.4. The fraction of sp³-hybridized carbons (Fsp3) is 0.765. The molecule has 1 saturated heterocycles. The maximum Gasteiger partial charge on any atom is 0.225 e. The number of aromatic nitrogens is 1. The van der Waals surface area contributed by atoms with Gasteiger partial charge in [-0.1, -0.05) is 6.42 Å². The lowest BCUT2D eigenvalue weighted by Gasteiger charge is -2.37. The molecular formula is C17H28N4O2. The van der Waals surface area contributed by atoms with E-state index in [0.29, 0.717) is 5.91 Å². The number of piperazine rings is 1. The predicted octanol–water partition coefficient (Wildman–Crippen LogP) is 1.45. The lowest BCUT2D eigenvalue weighted by molar-refractivity contribution is -0.138. The van der Waals surface area contributed by atoms with Crippen LogP contribution in [-0.2, 0) is 11.3 Å². The van der Waals surface area contributed by atoms with Gasteiger partial charge in [0.15, 0.2) is 0 Å². The Balaban J connectivity index is 1.49. The lowest BCUT2D eigenvalue weighted by Crippen LogP contribution is -2.51. The number of aryl methyl sites for hydroxylation is 2. The van der Waals surface area contributed by atoms with E-state index < -0.39 is 0 Å². The van der Waals surface area contributed by atoms with Crippen molar-refractivity contribution >= 4 is 5.91 Å². The highest BCUT2D eigenvalue weighted by Gasteiger charge is 2.30. The molecule has 1 aromatic rings. The van der Waals surface area contributed by atoms with Crippen molar-refractivity contribution in [1.29, 1.82) is 0 Å². The first-order valence-electron chi connectivity index (χ1n) is 8.72. The van der Waals surface area contributed by atoms with Gasteiger partial charge in [0.25, 0.3) is 0 Å². The maximum atomic E-state index is 12.6. The molecule has 1 amide bonds. The van der Waals surface area contributed by atoms with Gasteiger partial charge in [0.05, 0.1) is 12.2 Å². The van der Waals surface area contributed by atoms with Crippen LogP contribution in [0.2, 0.25) is 0 Å². The Labute approximate surface area is 138 Å². The quantitative estimate of drug-likeness (QED) is 0.912. The van der Waals surface area contributed by atoms with Gasteiger partial charge in [-0.15, -0.1) is 0 Å². The molecule has 2 heterocycles. The minimum atomic E-state index is 0.141. The van der Waals surface area contributed by atoms with Gasteiger partial charge >= 0.3 is 0 Å². The first-order valence-corrected chi connectivity index (χ1v) is 8.72. The third-order valence-electron chi connectivity index (χ3n) is 5.18. The van der Waals surface area contributed by atoms with Gasteiger partial charge in [-0.2, -0.15) is 0 Å². The summed E-state index contributed by atoms with van der Waals surface area (Å²) >= 11 is 0. The molecule has 23 heavy (non-hydrogen) atoms. The van der Waals surface area contributed by atoms with Gasteiger partial charge in [-0.05, 0) is 33.1 Å². The molecule has 1 saturated carbocycles. The Morgan fingerprint density at radius 1 is 1.26 bits per heavy atom. The molecule has 1 aliphatic carbocycles. The zero-order valence-corrected chi connectivity index (χ0v) is 14.3. The molecule has 0 bridgehead atoms. The third-order valence-corrected chi connectivity index (χ3v) is 5.18. The summed E-state index contributed by atoms with van der Waals surface area (Å²) in [5.74, 6) is 2.12. The van der Waals surface area contributed by atoms with Crippen molar-refractivity contribution in [3.63, 3.8) is 0 Å². The summed E-state index contributed by atoms with van der Waals surface area (Å²) in [6, 6.07) is 0.204. The van der Waals surface area contributed by atoms with E-state index >= 15 is 0 Å². The monoisotopic (exact) mass is 320 g/mol. The number of nitrogens with two attached hydrogens (primary N) is 1. The van der Waals surface area contributed by atoms with Gasteiger partial charge in [0.2, 0.25) is 11.8 Å². The standard InChI is InChI=1S/C17H28N4O2/c1-12-13(2)23-16(19-12)11-20-6-8-21(9-7-20)17(22)14-4-3-5-15(18)10-14/h14-15H,3-11,18H2,1-2H3. The largest absolute Gasteiger partial charge is 0.444 e. The van der Waals surface area contributed by atoms with E-state index in [0.717, 1.165) is 75.8 Å². The molecule has 1 aliphatic heterocycles. The summed E-state index contributed by atoms with van der Waals surface area (Å²) in [5.41, 5.74) is 6.98. The number of nitrogens with zero attached hydrogens (tertiary/aromatic N) is 3. The van der Waals surface area contributed by atoms with Crippen molar-refractivity contribution < 1.29 is 9.21 Å². The fourth-order valence-electron chi connectivity index (χ4n) is 3.63. The zero-order valence-electron chi connectivity index (χ0n) is 14.3. The zero-order chi connectivity index (χ0) is 16.4. The maximum absolute atomic E-state index is 12.6. The molecule has 2 N–H and O–H groups in total. The third kappa shape index (κ3) is 3.93. The summed E-state index contributed by atoms with van der Waals surface area (Å²) in [6.07, 6.45) is 4.00. The van der Waals surface area contributed by atoms with Crippen molar-refractivity contribution in [2.45, 2.75) is 52.1 Å². The van der Waals surface area contributed by atoms with E-state index in [1.807, 2.05) is 18.7 Å². The summed E-state index contributed by atoms with van der Waals surface area (Å²) in [6.45, 7) is 7.98. The molecule has 0 spiro atoms. The van der Waals surface area contributed by atoms with Crippen LogP contribution in [0, 0.1) is 19.8 Å². The number of hydrogen-bond acceptors (Lipinski definition) is 5. The summed E-state index contributed by atoms with van der Waals surface area (Å²) in [7, 11) is 0. The van der Waals surface area contributed by atoms with Crippen LogP contribution in [0.1, 0.15) is 43.0 Å². The van der Waals surface area contributed by atoms with E-state index in [-0.39, 0.29) is 12.0 Å². The van der Waals surface area contributed by atoms with E-state index in [1.54, 1.807) is 0 Å². The van der Waals surface area contributed by atoms with Crippen LogP contribution in [-0.4, -0.2) is 52.9 Å². The molecule has 2 unspecified atom stereocenters. The number of amides is 1. The number of rotatable bonds is 3. The van der Waals surface area contributed by atoms with Crippen LogP contribution < -0.4 is 5.73 Å². The van der Waals surface area contributed by atoms with Crippen molar-refractivity contribution in [3.8, 4) is 0 Å². The SMILES string of the molecule is Cc1nc(CN2CCN(C(=O)C3CCCC(N)C3)CC2)oc1C. The Morgan fingerprint density at radius 3 is 2.61 bits per heavy atom. The van der Waals surface area contributed by atoms with Crippen LogP contribution in [0.15, 0.2) is 4.42 Å². The summed E-state index contributed by atoms with van der Waals surface area (Å²) < 4.78 is 5.65. The van der Waals surface area contributed by atoms with Gasteiger partial charge in [0, 0.05) is 38.1 Å². The number of carbonyl (C=O) groups is 1. The van der Waals surface area contributed by atoms with Crippen molar-refractivity contribution in [2.24, 2.45) is 11.7 Å². The molecule has 6 heteroatoms. The van der Waals surface area contributed by atoms with Gasteiger partial charge in [0.1, 0.15) is 5.76 Å². The molecule has 2 atom stereocenters. The van der Waals surface area contributed by atoms with Crippen LogP contribution in [0.25, 0.3) is 0 Å². The molecule has 6 nitrogen and oxygen atoms in total. The van der Waals surface area contributed by atoms with Gasteiger partial charge < -0.3 is 15.1 Å². The van der Waals surface area contributed by atoms with Crippen molar-refractivity contribution in [1.82, 2.24) is 14.8 Å². The Hall–Kier alpha value is -1.40. The topological polar surface area (TPSA) is 75.6 Å².